The predicted octanol–water partition coefficient (Wildman–Crippen LogP) is 2.20. The molecule has 0 amide bonds. The number of hydrogen-bond donors (Lipinski definition) is 1. The van der Waals surface area contributed by atoms with E-state index in [0.717, 1.165) is 29.8 Å². The van der Waals surface area contributed by atoms with Crippen LogP contribution in [0.15, 0.2) is 10.3 Å². The van der Waals surface area contributed by atoms with E-state index in [-0.39, 0.29) is 0 Å². The average molecular weight is 302 g/mol. The fourth-order valence-corrected chi connectivity index (χ4v) is 5.71. The van der Waals surface area contributed by atoms with Gasteiger partial charge in [0.1, 0.15) is 4.21 Å². The van der Waals surface area contributed by atoms with Crippen molar-refractivity contribution in [2.24, 2.45) is 5.92 Å². The third-order valence-electron chi connectivity index (χ3n) is 3.76. The zero-order valence-corrected chi connectivity index (χ0v) is 13.4. The van der Waals surface area contributed by atoms with E-state index in [1.807, 2.05) is 20.0 Å². The normalized spacial score (nSPS) is 21.1. The van der Waals surface area contributed by atoms with Gasteiger partial charge in [0.15, 0.2) is 0 Å². The standard InChI is InChI=1S/C13H22N2O2S2/c1-4-11-5-6-15(9-11)19(16,17)13-7-10(2)12(18-13)8-14-3/h7,11,14H,4-6,8-9H2,1-3H3. The number of rotatable bonds is 5. The van der Waals surface area contributed by atoms with Crippen LogP contribution in [0.3, 0.4) is 0 Å². The number of sulfonamides is 1. The molecule has 6 heteroatoms. The fourth-order valence-electron chi connectivity index (χ4n) is 2.43. The SMILES string of the molecule is CCC1CCN(S(=O)(=O)c2cc(C)c(CNC)s2)C1. The first-order valence-electron chi connectivity index (χ1n) is 6.73. The van der Waals surface area contributed by atoms with Crippen LogP contribution in [0, 0.1) is 12.8 Å². The summed E-state index contributed by atoms with van der Waals surface area (Å²) in [7, 11) is -1.40. The summed E-state index contributed by atoms with van der Waals surface area (Å²) < 4.78 is 27.3. The van der Waals surface area contributed by atoms with Gasteiger partial charge in [0, 0.05) is 24.5 Å². The maximum atomic E-state index is 12.6. The minimum Gasteiger partial charge on any atom is -0.315 e. The van der Waals surface area contributed by atoms with Gasteiger partial charge in [0.2, 0.25) is 0 Å². The van der Waals surface area contributed by atoms with Gasteiger partial charge in [-0.3, -0.25) is 0 Å². The lowest BCUT2D eigenvalue weighted by Crippen LogP contribution is -2.28. The van der Waals surface area contributed by atoms with Crippen LogP contribution < -0.4 is 5.32 Å². The molecular formula is C13H22N2O2S2. The van der Waals surface area contributed by atoms with Gasteiger partial charge in [-0.1, -0.05) is 13.3 Å². The van der Waals surface area contributed by atoms with Gasteiger partial charge in [-0.05, 0) is 37.9 Å². The molecule has 1 unspecified atom stereocenters. The van der Waals surface area contributed by atoms with E-state index in [2.05, 4.69) is 12.2 Å². The number of nitrogens with zero attached hydrogens (tertiary/aromatic N) is 1. The molecule has 2 rings (SSSR count). The monoisotopic (exact) mass is 302 g/mol. The van der Waals surface area contributed by atoms with E-state index < -0.39 is 10.0 Å². The number of thiophene rings is 1. The highest BCUT2D eigenvalue weighted by molar-refractivity contribution is 7.91. The summed E-state index contributed by atoms with van der Waals surface area (Å²) in [5.74, 6) is 0.521. The summed E-state index contributed by atoms with van der Waals surface area (Å²) in [5, 5.41) is 3.08. The van der Waals surface area contributed by atoms with E-state index >= 15 is 0 Å². The fraction of sp³-hybridized carbons (Fsp3) is 0.692. The average Bonchev–Trinajstić information content (AvgIpc) is 2.98. The van der Waals surface area contributed by atoms with Crippen molar-refractivity contribution in [1.82, 2.24) is 9.62 Å². The van der Waals surface area contributed by atoms with Gasteiger partial charge in [-0.25, -0.2) is 8.42 Å². The van der Waals surface area contributed by atoms with Crippen LogP contribution in [0.2, 0.25) is 0 Å². The molecule has 0 bridgehead atoms. The summed E-state index contributed by atoms with van der Waals surface area (Å²) in [6, 6.07) is 1.81. The van der Waals surface area contributed by atoms with E-state index in [4.69, 9.17) is 0 Å². The van der Waals surface area contributed by atoms with Gasteiger partial charge in [0.25, 0.3) is 10.0 Å². The lowest BCUT2D eigenvalue weighted by molar-refractivity contribution is 0.454. The molecule has 1 aromatic rings. The molecule has 1 aliphatic rings. The Morgan fingerprint density at radius 1 is 1.53 bits per heavy atom. The Kier molecular flexibility index (Phi) is 4.66. The van der Waals surface area contributed by atoms with Gasteiger partial charge in [-0.2, -0.15) is 4.31 Å². The molecule has 1 N–H and O–H groups in total. The molecule has 108 valence electrons. The molecule has 4 nitrogen and oxygen atoms in total. The molecule has 0 aromatic carbocycles. The molecule has 1 aliphatic heterocycles. The maximum absolute atomic E-state index is 12.6. The van der Waals surface area contributed by atoms with E-state index in [1.165, 1.54) is 11.3 Å². The van der Waals surface area contributed by atoms with Gasteiger partial charge >= 0.3 is 0 Å². The summed E-state index contributed by atoms with van der Waals surface area (Å²) in [5.41, 5.74) is 1.06. The topological polar surface area (TPSA) is 49.4 Å². The second-order valence-corrected chi connectivity index (χ2v) is 8.43. The molecule has 1 atom stereocenters. The highest BCUT2D eigenvalue weighted by atomic mass is 32.2. The second kappa shape index (κ2) is 5.91. The summed E-state index contributed by atoms with van der Waals surface area (Å²) in [6.45, 7) is 6.17. The molecule has 1 fully saturated rings. The third kappa shape index (κ3) is 3.02. The predicted molar refractivity (Wildman–Crippen MR) is 79.0 cm³/mol. The number of hydrogen-bond acceptors (Lipinski definition) is 4. The van der Waals surface area contributed by atoms with Crippen molar-refractivity contribution in [2.75, 3.05) is 20.1 Å². The van der Waals surface area contributed by atoms with Crippen molar-refractivity contribution < 1.29 is 8.42 Å². The van der Waals surface area contributed by atoms with Crippen molar-refractivity contribution in [1.29, 1.82) is 0 Å². The first-order valence-corrected chi connectivity index (χ1v) is 8.98. The smallest absolute Gasteiger partial charge is 0.252 e. The number of aryl methyl sites for hydroxylation is 1. The van der Waals surface area contributed by atoms with Crippen molar-refractivity contribution in [3.05, 3.63) is 16.5 Å². The molecule has 0 radical (unpaired) electrons. The minimum atomic E-state index is -3.28. The summed E-state index contributed by atoms with van der Waals surface area (Å²) in [6.07, 6.45) is 2.05. The van der Waals surface area contributed by atoms with Gasteiger partial charge in [-0.15, -0.1) is 11.3 Å². The lowest BCUT2D eigenvalue weighted by Gasteiger charge is -2.14. The Morgan fingerprint density at radius 2 is 2.26 bits per heavy atom. The molecule has 0 spiro atoms. The van der Waals surface area contributed by atoms with Crippen LogP contribution in [0.5, 0.6) is 0 Å². The minimum absolute atomic E-state index is 0.493. The van der Waals surface area contributed by atoms with Crippen molar-refractivity contribution in [2.45, 2.75) is 37.4 Å². The van der Waals surface area contributed by atoms with Crippen LogP contribution in [0.1, 0.15) is 30.2 Å². The van der Waals surface area contributed by atoms with Crippen molar-refractivity contribution >= 4 is 21.4 Å². The highest BCUT2D eigenvalue weighted by Gasteiger charge is 2.33. The van der Waals surface area contributed by atoms with Gasteiger partial charge in [0.05, 0.1) is 0 Å². The molecule has 1 aromatic heterocycles. The molecule has 19 heavy (non-hydrogen) atoms. The summed E-state index contributed by atoms with van der Waals surface area (Å²) in [4.78, 5) is 1.10. The third-order valence-corrected chi connectivity index (χ3v) is 7.31. The number of nitrogens with one attached hydrogen (secondary N) is 1. The zero-order chi connectivity index (χ0) is 14.0. The van der Waals surface area contributed by atoms with Crippen molar-refractivity contribution in [3.8, 4) is 0 Å². The molecular weight excluding hydrogens is 280 g/mol. The Hall–Kier alpha value is -0.430. The van der Waals surface area contributed by atoms with Crippen LogP contribution in [0.4, 0.5) is 0 Å². The highest BCUT2D eigenvalue weighted by Crippen LogP contribution is 2.31. The molecule has 1 saturated heterocycles. The Labute approximate surface area is 119 Å². The Balaban J connectivity index is 2.22. The Morgan fingerprint density at radius 3 is 2.84 bits per heavy atom. The van der Waals surface area contributed by atoms with Crippen LogP contribution >= 0.6 is 11.3 Å². The van der Waals surface area contributed by atoms with Crippen LogP contribution in [-0.4, -0.2) is 32.9 Å². The largest absolute Gasteiger partial charge is 0.315 e. The lowest BCUT2D eigenvalue weighted by atomic mass is 10.1. The molecule has 0 saturated carbocycles. The van der Waals surface area contributed by atoms with Gasteiger partial charge < -0.3 is 5.32 Å². The first kappa shape index (κ1) is 15.0. The van der Waals surface area contributed by atoms with Crippen LogP contribution in [-0.2, 0) is 16.6 Å². The summed E-state index contributed by atoms with van der Waals surface area (Å²) >= 11 is 1.39. The maximum Gasteiger partial charge on any atom is 0.252 e. The Bertz CT molecular complexity index is 537. The van der Waals surface area contributed by atoms with E-state index in [0.29, 0.717) is 23.2 Å². The zero-order valence-electron chi connectivity index (χ0n) is 11.8. The van der Waals surface area contributed by atoms with Crippen molar-refractivity contribution in [3.63, 3.8) is 0 Å². The first-order chi connectivity index (χ1) is 8.98. The quantitative estimate of drug-likeness (QED) is 0.907. The van der Waals surface area contributed by atoms with E-state index in [1.54, 1.807) is 4.31 Å². The van der Waals surface area contributed by atoms with Crippen LogP contribution in [0.25, 0.3) is 0 Å². The molecule has 0 aliphatic carbocycles. The molecule has 2 heterocycles. The van der Waals surface area contributed by atoms with E-state index in [9.17, 15) is 8.42 Å². The second-order valence-electron chi connectivity index (χ2n) is 5.13.